The van der Waals surface area contributed by atoms with Gasteiger partial charge in [0.25, 0.3) is 0 Å². The molecule has 4 aromatic rings. The third kappa shape index (κ3) is 2.56. The minimum absolute atomic E-state index is 0.230. The number of ketones is 3. The quantitative estimate of drug-likeness (QED) is 0.340. The summed E-state index contributed by atoms with van der Waals surface area (Å²) in [6, 6.07) is 21.8. The number of Topliss-reactive ketones (excluding diaryl/α,β-unsaturated/α-hetero) is 3. The monoisotopic (exact) mass is 533 g/mol. The normalized spacial score (nSPS) is 22.5. The molecule has 1 saturated heterocycles. The van der Waals surface area contributed by atoms with Gasteiger partial charge in [-0.1, -0.05) is 60.7 Å². The van der Waals surface area contributed by atoms with E-state index in [2.05, 4.69) is 0 Å². The van der Waals surface area contributed by atoms with Crippen LogP contribution in [-0.4, -0.2) is 57.2 Å². The van der Waals surface area contributed by atoms with Crippen LogP contribution in [0.25, 0.3) is 10.8 Å². The number of ether oxygens (including phenoxy) is 3. The standard InChI is InChI=1S/C33H27NO6/c1-34-17-24(19-15-25(38-2)28(40-4)26(16-19)39-3)32(29(35)20-11-5-6-12-21(20)30(32)36)33(34)23-14-8-10-18-9-7-13-22(27(18)23)31(33)37/h5-16,24H,17H2,1-4H3/t24-,33-/m0/s1. The zero-order chi connectivity index (χ0) is 28.0. The van der Waals surface area contributed by atoms with Crippen LogP contribution in [0.5, 0.6) is 17.2 Å². The number of methoxy groups -OCH3 is 3. The minimum Gasteiger partial charge on any atom is -0.493 e. The molecule has 2 aliphatic carbocycles. The second-order valence-electron chi connectivity index (χ2n) is 10.7. The van der Waals surface area contributed by atoms with Crippen molar-refractivity contribution in [3.8, 4) is 17.2 Å². The summed E-state index contributed by atoms with van der Waals surface area (Å²) in [7, 11) is 6.42. The Morgan fingerprint density at radius 3 is 1.88 bits per heavy atom. The van der Waals surface area contributed by atoms with Gasteiger partial charge in [0, 0.05) is 29.2 Å². The molecule has 4 aromatic carbocycles. The number of carbonyl (C=O) groups excluding carboxylic acids is 3. The van der Waals surface area contributed by atoms with Gasteiger partial charge in [-0.15, -0.1) is 0 Å². The number of likely N-dealkylation sites (N-methyl/N-ethyl adjacent to an activating group) is 1. The van der Waals surface area contributed by atoms with Crippen molar-refractivity contribution in [3.05, 3.63) is 101 Å². The Balaban J connectivity index is 1.60. The maximum Gasteiger partial charge on any atom is 0.203 e. The van der Waals surface area contributed by atoms with Crippen molar-refractivity contribution in [2.45, 2.75) is 11.5 Å². The molecule has 2 atom stereocenters. The van der Waals surface area contributed by atoms with Gasteiger partial charge >= 0.3 is 0 Å². The van der Waals surface area contributed by atoms with Gasteiger partial charge in [-0.25, -0.2) is 0 Å². The minimum atomic E-state index is -1.75. The van der Waals surface area contributed by atoms with Crippen LogP contribution in [0.4, 0.5) is 0 Å². The Hall–Kier alpha value is -4.49. The molecule has 0 aromatic heterocycles. The fourth-order valence-electron chi connectivity index (χ4n) is 7.73. The van der Waals surface area contributed by atoms with Crippen LogP contribution in [0.15, 0.2) is 72.8 Å². The molecule has 2 spiro atoms. The molecule has 1 heterocycles. The first-order valence-corrected chi connectivity index (χ1v) is 13.1. The molecule has 7 nitrogen and oxygen atoms in total. The Labute approximate surface area is 231 Å². The first kappa shape index (κ1) is 24.5. The summed E-state index contributed by atoms with van der Waals surface area (Å²) in [6.45, 7) is 0.278. The predicted molar refractivity (Wildman–Crippen MR) is 149 cm³/mol. The first-order chi connectivity index (χ1) is 19.4. The highest BCUT2D eigenvalue weighted by Crippen LogP contribution is 2.67. The highest BCUT2D eigenvalue weighted by molar-refractivity contribution is 6.36. The van der Waals surface area contributed by atoms with Crippen molar-refractivity contribution in [2.24, 2.45) is 5.41 Å². The zero-order valence-corrected chi connectivity index (χ0v) is 22.6. The number of hydrogen-bond donors (Lipinski definition) is 0. The number of carbonyl (C=O) groups is 3. The molecule has 7 heteroatoms. The molecule has 1 fully saturated rings. The van der Waals surface area contributed by atoms with Crippen molar-refractivity contribution in [2.75, 3.05) is 34.9 Å². The van der Waals surface area contributed by atoms with E-state index < -0.39 is 16.9 Å². The lowest BCUT2D eigenvalue weighted by Crippen LogP contribution is -2.59. The number of nitrogens with zero attached hydrogens (tertiary/aromatic N) is 1. The predicted octanol–water partition coefficient (Wildman–Crippen LogP) is 5.05. The summed E-state index contributed by atoms with van der Waals surface area (Å²) in [4.78, 5) is 46.5. The van der Waals surface area contributed by atoms with Gasteiger partial charge in [0.2, 0.25) is 5.75 Å². The molecule has 200 valence electrons. The molecule has 7 rings (SSSR count). The van der Waals surface area contributed by atoms with Crippen LogP contribution in [0.1, 0.15) is 48.1 Å². The maximum absolute atomic E-state index is 14.9. The largest absolute Gasteiger partial charge is 0.493 e. The summed E-state index contributed by atoms with van der Waals surface area (Å²) in [5.74, 6) is -0.365. The number of fused-ring (bicyclic) bond motifs is 3. The lowest BCUT2D eigenvalue weighted by molar-refractivity contribution is 0.0320. The molecule has 0 N–H and O–H groups in total. The highest BCUT2D eigenvalue weighted by Gasteiger charge is 2.78. The van der Waals surface area contributed by atoms with E-state index in [9.17, 15) is 14.4 Å². The van der Waals surface area contributed by atoms with E-state index in [1.165, 1.54) is 21.3 Å². The van der Waals surface area contributed by atoms with E-state index in [1.54, 1.807) is 42.5 Å². The first-order valence-electron chi connectivity index (χ1n) is 13.1. The van der Waals surface area contributed by atoms with Gasteiger partial charge in [0.1, 0.15) is 11.0 Å². The Morgan fingerprint density at radius 2 is 1.30 bits per heavy atom. The van der Waals surface area contributed by atoms with Gasteiger partial charge in [-0.05, 0) is 41.1 Å². The second kappa shape index (κ2) is 8.26. The Bertz CT molecular complexity index is 1730. The van der Waals surface area contributed by atoms with Crippen LogP contribution >= 0.6 is 0 Å². The van der Waals surface area contributed by atoms with Crippen molar-refractivity contribution in [1.29, 1.82) is 0 Å². The van der Waals surface area contributed by atoms with Crippen LogP contribution < -0.4 is 14.2 Å². The molecule has 40 heavy (non-hydrogen) atoms. The van der Waals surface area contributed by atoms with Crippen LogP contribution in [0.2, 0.25) is 0 Å². The second-order valence-corrected chi connectivity index (χ2v) is 10.7. The van der Waals surface area contributed by atoms with Crippen molar-refractivity contribution in [1.82, 2.24) is 4.90 Å². The van der Waals surface area contributed by atoms with Gasteiger partial charge < -0.3 is 14.2 Å². The van der Waals surface area contributed by atoms with E-state index in [0.29, 0.717) is 45.1 Å². The molecule has 0 amide bonds. The molecule has 3 aliphatic rings. The SMILES string of the molecule is COc1cc([C@@H]2CN(C)[C@@]3(C(=O)c4cccc5cccc3c45)C23C(=O)c2ccccc2C3=O)cc(OC)c1OC. The van der Waals surface area contributed by atoms with Gasteiger partial charge in [-0.3, -0.25) is 19.3 Å². The van der Waals surface area contributed by atoms with Crippen molar-refractivity contribution in [3.63, 3.8) is 0 Å². The highest BCUT2D eigenvalue weighted by atomic mass is 16.5. The lowest BCUT2D eigenvalue weighted by atomic mass is 9.57. The molecule has 0 bridgehead atoms. The van der Waals surface area contributed by atoms with Crippen molar-refractivity contribution < 1.29 is 28.6 Å². The zero-order valence-electron chi connectivity index (χ0n) is 22.6. The van der Waals surface area contributed by atoms with Crippen LogP contribution in [0, 0.1) is 5.41 Å². The smallest absolute Gasteiger partial charge is 0.203 e. The van der Waals surface area contributed by atoms with E-state index >= 15 is 0 Å². The third-order valence-corrected chi connectivity index (χ3v) is 9.21. The Kier molecular flexibility index (Phi) is 5.07. The molecular formula is C33H27NO6. The van der Waals surface area contributed by atoms with Gasteiger partial charge in [-0.2, -0.15) is 0 Å². The molecule has 0 radical (unpaired) electrons. The van der Waals surface area contributed by atoms with E-state index in [1.807, 2.05) is 42.3 Å². The number of benzene rings is 4. The maximum atomic E-state index is 14.9. The van der Waals surface area contributed by atoms with E-state index in [4.69, 9.17) is 14.2 Å². The molecular weight excluding hydrogens is 506 g/mol. The summed E-state index contributed by atoms with van der Waals surface area (Å²) >= 11 is 0. The van der Waals surface area contributed by atoms with Crippen LogP contribution in [0.3, 0.4) is 0 Å². The molecule has 0 saturated carbocycles. The van der Waals surface area contributed by atoms with E-state index in [-0.39, 0.29) is 23.9 Å². The van der Waals surface area contributed by atoms with Crippen LogP contribution in [-0.2, 0) is 5.54 Å². The summed E-state index contributed by atoms with van der Waals surface area (Å²) in [5.41, 5.74) is -0.719. The molecule has 1 aliphatic heterocycles. The number of hydrogen-bond acceptors (Lipinski definition) is 7. The van der Waals surface area contributed by atoms with Gasteiger partial charge in [0.15, 0.2) is 28.8 Å². The number of likely N-dealkylation sites (tertiary alicyclic amines) is 1. The van der Waals surface area contributed by atoms with E-state index in [0.717, 1.165) is 10.8 Å². The van der Waals surface area contributed by atoms with Gasteiger partial charge in [0.05, 0.1) is 21.3 Å². The summed E-state index contributed by atoms with van der Waals surface area (Å²) in [6.07, 6.45) is 0. The van der Waals surface area contributed by atoms with Crippen molar-refractivity contribution >= 4 is 28.1 Å². The lowest BCUT2D eigenvalue weighted by Gasteiger charge is -2.43. The number of rotatable bonds is 4. The topological polar surface area (TPSA) is 82.1 Å². The average Bonchev–Trinajstić information content (AvgIpc) is 3.51. The summed E-state index contributed by atoms with van der Waals surface area (Å²) in [5, 5.41) is 1.69. The Morgan fingerprint density at radius 1 is 0.725 bits per heavy atom. The summed E-state index contributed by atoms with van der Waals surface area (Å²) < 4.78 is 16.9. The average molecular weight is 534 g/mol. The molecule has 0 unspecified atom stereocenters. The fourth-order valence-corrected chi connectivity index (χ4v) is 7.73. The third-order valence-electron chi connectivity index (χ3n) is 9.21. The fraction of sp³-hybridized carbons (Fsp3) is 0.242.